The largest absolute Gasteiger partial charge is 0.342 e. The Morgan fingerprint density at radius 1 is 1.29 bits per heavy atom. The molecule has 0 N–H and O–H groups in total. The quantitative estimate of drug-likeness (QED) is 0.792. The molecule has 3 heteroatoms. The molecule has 1 aromatic carbocycles. The summed E-state index contributed by atoms with van der Waals surface area (Å²) in [6.07, 6.45) is 1.69. The third-order valence-electron chi connectivity index (χ3n) is 2.48. The molecular weight excluding hydrogens is 242 g/mol. The van der Waals surface area contributed by atoms with Crippen LogP contribution < -0.4 is 0 Å². The van der Waals surface area contributed by atoms with Gasteiger partial charge in [-0.15, -0.1) is 0 Å². The number of nitrogens with zero attached hydrogens (tertiary/aromatic N) is 1. The van der Waals surface area contributed by atoms with Crippen LogP contribution in [0.25, 0.3) is 0 Å². The standard InChI is InChI=1S/C11H12BrNO/c12-10-4-2-9(3-5-10)8-11(14)13-6-1-7-13/h2-5H,1,6-8H2. The first-order valence-corrected chi connectivity index (χ1v) is 5.57. The van der Waals surface area contributed by atoms with Gasteiger partial charge < -0.3 is 4.90 Å². The van der Waals surface area contributed by atoms with Crippen molar-refractivity contribution >= 4 is 21.8 Å². The summed E-state index contributed by atoms with van der Waals surface area (Å²) >= 11 is 3.37. The molecule has 0 saturated carbocycles. The van der Waals surface area contributed by atoms with E-state index in [4.69, 9.17) is 0 Å². The molecule has 0 spiro atoms. The molecule has 0 atom stereocenters. The van der Waals surface area contributed by atoms with Gasteiger partial charge in [0.1, 0.15) is 0 Å². The van der Waals surface area contributed by atoms with E-state index in [9.17, 15) is 4.79 Å². The van der Waals surface area contributed by atoms with Gasteiger partial charge in [-0.2, -0.15) is 0 Å². The molecule has 1 heterocycles. The molecule has 14 heavy (non-hydrogen) atoms. The number of rotatable bonds is 2. The van der Waals surface area contributed by atoms with E-state index in [1.54, 1.807) is 0 Å². The SMILES string of the molecule is O=C(Cc1ccc(Br)cc1)N1CCC1. The Morgan fingerprint density at radius 3 is 2.43 bits per heavy atom. The minimum atomic E-state index is 0.249. The van der Waals surface area contributed by atoms with Crippen molar-refractivity contribution in [2.75, 3.05) is 13.1 Å². The maximum absolute atomic E-state index is 11.6. The van der Waals surface area contributed by atoms with E-state index < -0.39 is 0 Å². The monoisotopic (exact) mass is 253 g/mol. The number of hydrogen-bond donors (Lipinski definition) is 0. The molecule has 2 rings (SSSR count). The summed E-state index contributed by atoms with van der Waals surface area (Å²) in [7, 11) is 0. The number of halogens is 1. The van der Waals surface area contributed by atoms with Gasteiger partial charge >= 0.3 is 0 Å². The van der Waals surface area contributed by atoms with Crippen LogP contribution in [0.3, 0.4) is 0 Å². The van der Waals surface area contributed by atoms with Gasteiger partial charge in [0.05, 0.1) is 6.42 Å². The lowest BCUT2D eigenvalue weighted by atomic mass is 10.1. The summed E-state index contributed by atoms with van der Waals surface area (Å²) in [5.74, 6) is 0.249. The Labute approximate surface area is 92.0 Å². The minimum absolute atomic E-state index is 0.249. The zero-order valence-corrected chi connectivity index (χ0v) is 9.46. The van der Waals surface area contributed by atoms with Gasteiger partial charge in [-0.1, -0.05) is 28.1 Å². The molecule has 0 aliphatic carbocycles. The molecule has 1 fully saturated rings. The molecule has 0 radical (unpaired) electrons. The van der Waals surface area contributed by atoms with Crippen molar-refractivity contribution in [2.45, 2.75) is 12.8 Å². The lowest BCUT2D eigenvalue weighted by molar-refractivity contribution is -0.133. The first-order valence-electron chi connectivity index (χ1n) is 4.78. The van der Waals surface area contributed by atoms with Crippen LogP contribution in [0.15, 0.2) is 28.7 Å². The Bertz CT molecular complexity index is 330. The second-order valence-electron chi connectivity index (χ2n) is 3.54. The smallest absolute Gasteiger partial charge is 0.226 e. The van der Waals surface area contributed by atoms with Gasteiger partial charge in [-0.05, 0) is 24.1 Å². The molecule has 1 aliphatic heterocycles. The molecule has 0 bridgehead atoms. The molecule has 1 amide bonds. The van der Waals surface area contributed by atoms with Crippen LogP contribution >= 0.6 is 15.9 Å². The van der Waals surface area contributed by atoms with Gasteiger partial charge in [0.15, 0.2) is 0 Å². The van der Waals surface area contributed by atoms with Crippen molar-refractivity contribution in [1.82, 2.24) is 4.90 Å². The summed E-state index contributed by atoms with van der Waals surface area (Å²) in [4.78, 5) is 13.5. The number of amides is 1. The van der Waals surface area contributed by atoms with E-state index >= 15 is 0 Å². The zero-order valence-electron chi connectivity index (χ0n) is 7.87. The Kier molecular flexibility index (Phi) is 2.87. The average Bonchev–Trinajstić information content (AvgIpc) is 2.06. The highest BCUT2D eigenvalue weighted by molar-refractivity contribution is 9.10. The molecule has 1 aromatic rings. The van der Waals surface area contributed by atoms with Crippen LogP contribution in [-0.2, 0) is 11.2 Å². The fourth-order valence-corrected chi connectivity index (χ4v) is 1.72. The topological polar surface area (TPSA) is 20.3 Å². The normalized spacial score (nSPS) is 15.1. The van der Waals surface area contributed by atoms with E-state index in [0.29, 0.717) is 6.42 Å². The highest BCUT2D eigenvalue weighted by atomic mass is 79.9. The van der Waals surface area contributed by atoms with Gasteiger partial charge in [0.25, 0.3) is 0 Å². The maximum atomic E-state index is 11.6. The first kappa shape index (κ1) is 9.71. The zero-order chi connectivity index (χ0) is 9.97. The molecule has 1 saturated heterocycles. The fraction of sp³-hybridized carbons (Fsp3) is 0.364. The van der Waals surface area contributed by atoms with Crippen LogP contribution in [0.1, 0.15) is 12.0 Å². The van der Waals surface area contributed by atoms with Crippen molar-refractivity contribution in [3.8, 4) is 0 Å². The van der Waals surface area contributed by atoms with E-state index in [2.05, 4.69) is 15.9 Å². The van der Waals surface area contributed by atoms with E-state index in [1.165, 1.54) is 0 Å². The Balaban J connectivity index is 1.96. The first-order chi connectivity index (χ1) is 6.75. The van der Waals surface area contributed by atoms with Crippen LogP contribution in [0.2, 0.25) is 0 Å². The predicted molar refractivity (Wildman–Crippen MR) is 59.0 cm³/mol. The lowest BCUT2D eigenvalue weighted by Crippen LogP contribution is -2.42. The van der Waals surface area contributed by atoms with Crippen molar-refractivity contribution < 1.29 is 4.79 Å². The van der Waals surface area contributed by atoms with E-state index in [-0.39, 0.29) is 5.91 Å². The van der Waals surface area contributed by atoms with Gasteiger partial charge in [0, 0.05) is 17.6 Å². The molecule has 0 aromatic heterocycles. The van der Waals surface area contributed by atoms with Crippen molar-refractivity contribution in [3.05, 3.63) is 34.3 Å². The Hall–Kier alpha value is -0.830. The lowest BCUT2D eigenvalue weighted by Gasteiger charge is -2.30. The highest BCUT2D eigenvalue weighted by Gasteiger charge is 2.19. The van der Waals surface area contributed by atoms with Crippen LogP contribution in [0.4, 0.5) is 0 Å². The minimum Gasteiger partial charge on any atom is -0.342 e. The van der Waals surface area contributed by atoms with Crippen LogP contribution in [0.5, 0.6) is 0 Å². The van der Waals surface area contributed by atoms with E-state index in [0.717, 1.165) is 29.5 Å². The highest BCUT2D eigenvalue weighted by Crippen LogP contribution is 2.13. The van der Waals surface area contributed by atoms with Crippen LogP contribution in [0, 0.1) is 0 Å². The maximum Gasteiger partial charge on any atom is 0.226 e. The van der Waals surface area contributed by atoms with Gasteiger partial charge in [0.2, 0.25) is 5.91 Å². The predicted octanol–water partition coefficient (Wildman–Crippen LogP) is 2.22. The summed E-state index contributed by atoms with van der Waals surface area (Å²) in [6.45, 7) is 1.88. The summed E-state index contributed by atoms with van der Waals surface area (Å²) in [5.41, 5.74) is 1.09. The molecular formula is C11H12BrNO. The second-order valence-corrected chi connectivity index (χ2v) is 4.45. The van der Waals surface area contributed by atoms with Crippen molar-refractivity contribution in [3.63, 3.8) is 0 Å². The molecule has 0 unspecified atom stereocenters. The number of carbonyl (C=O) groups excluding carboxylic acids is 1. The molecule has 74 valence electrons. The third-order valence-corrected chi connectivity index (χ3v) is 3.01. The number of benzene rings is 1. The molecule has 2 nitrogen and oxygen atoms in total. The second kappa shape index (κ2) is 4.13. The van der Waals surface area contributed by atoms with Crippen molar-refractivity contribution in [1.29, 1.82) is 0 Å². The number of carbonyl (C=O) groups is 1. The van der Waals surface area contributed by atoms with Crippen molar-refractivity contribution in [2.24, 2.45) is 0 Å². The van der Waals surface area contributed by atoms with E-state index in [1.807, 2.05) is 29.2 Å². The van der Waals surface area contributed by atoms with Crippen LogP contribution in [-0.4, -0.2) is 23.9 Å². The Morgan fingerprint density at radius 2 is 1.93 bits per heavy atom. The average molecular weight is 254 g/mol. The fourth-order valence-electron chi connectivity index (χ4n) is 1.45. The number of likely N-dealkylation sites (tertiary alicyclic amines) is 1. The third kappa shape index (κ3) is 2.15. The number of hydrogen-bond acceptors (Lipinski definition) is 1. The summed E-state index contributed by atoms with van der Waals surface area (Å²) in [5, 5.41) is 0. The van der Waals surface area contributed by atoms with Gasteiger partial charge in [-0.25, -0.2) is 0 Å². The van der Waals surface area contributed by atoms with Gasteiger partial charge in [-0.3, -0.25) is 4.79 Å². The molecule has 1 aliphatic rings. The summed E-state index contributed by atoms with van der Waals surface area (Å²) < 4.78 is 1.05. The summed E-state index contributed by atoms with van der Waals surface area (Å²) in [6, 6.07) is 7.92.